The van der Waals surface area contributed by atoms with Crippen molar-refractivity contribution < 1.29 is 38.4 Å². The lowest BCUT2D eigenvalue weighted by Gasteiger charge is -2.17. The monoisotopic (exact) mass is 1980 g/mol. The molecule has 4 atom stereocenters. The van der Waals surface area contributed by atoms with Gasteiger partial charge in [-0.2, -0.15) is 0 Å². The summed E-state index contributed by atoms with van der Waals surface area (Å²) in [6.07, 6.45) is 3.75. The summed E-state index contributed by atoms with van der Waals surface area (Å²) in [6, 6.07) is 88.6. The first-order valence-corrected chi connectivity index (χ1v) is 50.2. The number of benzene rings is 12. The van der Waals surface area contributed by atoms with Crippen molar-refractivity contribution in [2.24, 2.45) is 42.6 Å². The summed E-state index contributed by atoms with van der Waals surface area (Å²) in [5, 5.41) is 26.0. The molecule has 16 rings (SSSR count). The van der Waals surface area contributed by atoms with Crippen LogP contribution in [0.4, 0.5) is 45.5 Å². The number of hydrogen-bond donors (Lipinski definition) is 8. The summed E-state index contributed by atoms with van der Waals surface area (Å²) < 4.78 is 0. The Morgan fingerprint density at radius 2 is 0.472 bits per heavy atom. The van der Waals surface area contributed by atoms with E-state index in [1.54, 1.807) is 48.5 Å². The minimum atomic E-state index is -0.588. The first kappa shape index (κ1) is 112. The molecule has 0 spiro atoms. The van der Waals surface area contributed by atoms with Crippen LogP contribution in [0.5, 0.6) is 0 Å². The predicted octanol–water partition coefficient (Wildman–Crippen LogP) is 27.8. The van der Waals surface area contributed by atoms with Gasteiger partial charge < -0.3 is 42.5 Å². The Morgan fingerprint density at radius 1 is 0.282 bits per heavy atom. The topological polar surface area (TPSA) is 282 Å². The van der Waals surface area contributed by atoms with Crippen LogP contribution in [-0.4, -0.2) is 94.3 Å². The number of nitrogens with zero attached hydrogens (tertiary/aromatic N) is 4. The van der Waals surface area contributed by atoms with Crippen molar-refractivity contribution in [2.45, 2.75) is 200 Å². The third-order valence-corrected chi connectivity index (χ3v) is 22.7. The standard InChI is InChI=1S/2C28H28ClN3O2.2C27H26ClN3O2.4C2H6/c2*1-28(2,3)17-25(33)30-21-12-9-19(10-13-21)26-22-16-20(29)11-14-23(22)32-27(34)24(31-26)15-18-7-5-4-6-8-18;2*1-17(2)14-25(32)29-21-11-8-19(9-12-21)26-22-16-20(28)10-13-23(22)31-27(33)24(30-26)15-18-6-4-3-5-7-18;4*1-2/h2*4-14,16,24H,15,17H2,1-3H3,(H,30,33)(H,32,34);2*3-13,16-17,24H,14-15H2,1-2H3,(H,29,32)(H,31,33);4*1-2H3. The van der Waals surface area contributed by atoms with E-state index in [1.807, 2.05) is 367 Å². The van der Waals surface area contributed by atoms with E-state index < -0.39 is 24.2 Å². The fourth-order valence-corrected chi connectivity index (χ4v) is 16.2. The van der Waals surface area contributed by atoms with Crippen molar-refractivity contribution in [3.63, 3.8) is 0 Å². The number of fused-ring (bicyclic) bond motifs is 4. The minimum absolute atomic E-state index is 0.0144. The predicted molar refractivity (Wildman–Crippen MR) is 591 cm³/mol. The molecule has 0 fully saturated rings. The van der Waals surface area contributed by atoms with Gasteiger partial charge >= 0.3 is 0 Å². The van der Waals surface area contributed by atoms with E-state index in [-0.39, 0.29) is 69.9 Å². The third-order valence-electron chi connectivity index (χ3n) is 21.8. The van der Waals surface area contributed by atoms with Crippen LogP contribution in [-0.2, 0) is 64.0 Å². The van der Waals surface area contributed by atoms with E-state index in [2.05, 4.69) is 42.5 Å². The van der Waals surface area contributed by atoms with Crippen LogP contribution in [0.1, 0.15) is 217 Å². The molecular formula is C118H132Cl4N12O8. The molecule has 4 aliphatic heterocycles. The van der Waals surface area contributed by atoms with E-state index >= 15 is 0 Å². The Hall–Kier alpha value is -13.8. The average molecular weight is 1990 g/mol. The molecule has 0 saturated carbocycles. The molecule has 740 valence electrons. The first-order chi connectivity index (χ1) is 68.1. The normalized spacial score (nSPS) is 14.8. The quantitative estimate of drug-likeness (QED) is 0.0322. The van der Waals surface area contributed by atoms with Crippen molar-refractivity contribution >= 4 is 162 Å². The molecule has 0 saturated heterocycles. The highest BCUT2D eigenvalue weighted by atomic mass is 35.5. The molecule has 4 unspecified atom stereocenters. The second-order valence-electron chi connectivity index (χ2n) is 36.6. The van der Waals surface area contributed by atoms with E-state index in [9.17, 15) is 38.4 Å². The zero-order chi connectivity index (χ0) is 103. The summed E-state index contributed by atoms with van der Waals surface area (Å²) in [6.45, 7) is 36.2. The molecule has 0 aliphatic carbocycles. The lowest BCUT2D eigenvalue weighted by molar-refractivity contribution is -0.118. The van der Waals surface area contributed by atoms with Crippen LogP contribution in [0.3, 0.4) is 0 Å². The molecule has 0 radical (unpaired) electrons. The highest BCUT2D eigenvalue weighted by Crippen LogP contribution is 2.36. The largest absolute Gasteiger partial charge is 0.326 e. The number of benzodiazepines with no additional fused rings is 4. The Morgan fingerprint density at radius 3 is 0.655 bits per heavy atom. The summed E-state index contributed by atoms with van der Waals surface area (Å²) in [7, 11) is 0. The number of nitrogens with one attached hydrogen (secondary N) is 8. The summed E-state index contributed by atoms with van der Waals surface area (Å²) in [4.78, 5) is 121. The minimum Gasteiger partial charge on any atom is -0.326 e. The smallest absolute Gasteiger partial charge is 0.249 e. The Balaban J connectivity index is 0.000000206. The van der Waals surface area contributed by atoms with Crippen LogP contribution in [0.25, 0.3) is 0 Å². The van der Waals surface area contributed by atoms with Crippen molar-refractivity contribution in [1.82, 2.24) is 0 Å². The molecule has 12 aromatic carbocycles. The molecule has 4 heterocycles. The number of rotatable bonds is 22. The second-order valence-corrected chi connectivity index (χ2v) is 38.4. The van der Waals surface area contributed by atoms with Crippen LogP contribution >= 0.6 is 46.4 Å². The van der Waals surface area contributed by atoms with Crippen LogP contribution in [0.2, 0.25) is 20.1 Å². The van der Waals surface area contributed by atoms with Gasteiger partial charge in [0.2, 0.25) is 47.3 Å². The van der Waals surface area contributed by atoms with Crippen molar-refractivity contribution in [3.8, 4) is 0 Å². The zero-order valence-electron chi connectivity index (χ0n) is 84.4. The highest BCUT2D eigenvalue weighted by molar-refractivity contribution is 6.34. The Bertz CT molecular complexity index is 6000. The number of aliphatic imine (C=N–C) groups is 4. The number of carbonyl (C=O) groups is 8. The highest BCUT2D eigenvalue weighted by Gasteiger charge is 2.33. The Labute approximate surface area is 857 Å². The average Bonchev–Trinajstić information content (AvgIpc) is 1.72. The van der Waals surface area contributed by atoms with Crippen LogP contribution < -0.4 is 42.5 Å². The third kappa shape index (κ3) is 34.3. The van der Waals surface area contributed by atoms with E-state index in [0.717, 1.165) is 78.1 Å². The molecule has 20 nitrogen and oxygen atoms in total. The van der Waals surface area contributed by atoms with Gasteiger partial charge in [0.25, 0.3) is 0 Å². The molecule has 12 aromatic rings. The number of halogens is 4. The van der Waals surface area contributed by atoms with Crippen molar-refractivity contribution in [2.75, 3.05) is 42.5 Å². The molecule has 24 heteroatoms. The van der Waals surface area contributed by atoms with Gasteiger partial charge in [-0.15, -0.1) is 0 Å². The number of hydrogen-bond acceptors (Lipinski definition) is 12. The summed E-state index contributed by atoms with van der Waals surface area (Å²) in [5.74, 6) is -0.135. The molecule has 8 amide bonds. The maximum atomic E-state index is 13.0. The summed E-state index contributed by atoms with van der Waals surface area (Å²) >= 11 is 25.2. The lowest BCUT2D eigenvalue weighted by atomic mass is 9.92. The van der Waals surface area contributed by atoms with E-state index in [1.165, 1.54) is 0 Å². The van der Waals surface area contributed by atoms with Gasteiger partial charge in [0, 0.05) is 139 Å². The van der Waals surface area contributed by atoms with Gasteiger partial charge in [-0.3, -0.25) is 58.3 Å². The molecule has 142 heavy (non-hydrogen) atoms. The van der Waals surface area contributed by atoms with Crippen molar-refractivity contribution in [3.05, 3.63) is 378 Å². The summed E-state index contributed by atoms with van der Waals surface area (Å²) in [5.41, 5.74) is 18.7. The van der Waals surface area contributed by atoms with E-state index in [4.69, 9.17) is 66.4 Å². The fourth-order valence-electron chi connectivity index (χ4n) is 15.5. The molecule has 4 aliphatic rings. The van der Waals surface area contributed by atoms with Crippen LogP contribution in [0, 0.1) is 22.7 Å². The zero-order valence-corrected chi connectivity index (χ0v) is 87.4. The molecule has 0 aromatic heterocycles. The number of amides is 8. The van der Waals surface area contributed by atoms with Gasteiger partial charge in [-0.05, 0) is 166 Å². The molecule has 0 bridgehead atoms. The first-order valence-electron chi connectivity index (χ1n) is 48.6. The maximum Gasteiger partial charge on any atom is 0.249 e. The van der Waals surface area contributed by atoms with Crippen LogP contribution in [0.15, 0.2) is 311 Å². The van der Waals surface area contributed by atoms with E-state index in [0.29, 0.717) is 128 Å². The van der Waals surface area contributed by atoms with Gasteiger partial charge in [-0.25, -0.2) is 0 Å². The Kier molecular flexibility index (Phi) is 43.2. The van der Waals surface area contributed by atoms with Gasteiger partial charge in [0.05, 0.1) is 45.6 Å². The second kappa shape index (κ2) is 54.9. The SMILES string of the molecule is CC.CC.CC.CC.CC(C)(C)CC(=O)Nc1ccc(C2=NC(Cc3ccccc3)C(=O)Nc3ccc(Cl)cc32)cc1.CC(C)(C)CC(=O)Nc1ccc(C2=NC(Cc3ccccc3)C(=O)Nc3ccc(Cl)cc32)cc1.CC(C)CC(=O)Nc1ccc(C2=NC(Cc3ccccc3)C(=O)Nc3ccc(Cl)cc32)cc1.CC(C)CC(=O)Nc1ccc(C2=NC(Cc3ccccc3)C(=O)Nc3ccc(Cl)cc32)cc1. The van der Waals surface area contributed by atoms with Gasteiger partial charge in [-0.1, -0.05) is 341 Å². The van der Waals surface area contributed by atoms with Gasteiger partial charge in [0.1, 0.15) is 24.2 Å². The fraction of sp³-hybridized carbons (Fsp3) is 0.288. The van der Waals surface area contributed by atoms with Crippen molar-refractivity contribution in [1.29, 1.82) is 0 Å². The molecule has 8 N–H and O–H groups in total. The van der Waals surface area contributed by atoms with Gasteiger partial charge in [0.15, 0.2) is 0 Å². The lowest BCUT2D eigenvalue weighted by Crippen LogP contribution is -2.27. The number of carbonyl (C=O) groups excluding carboxylic acids is 8. The molecular weight excluding hydrogens is 1860 g/mol. The number of anilines is 8. The maximum absolute atomic E-state index is 13.0.